The summed E-state index contributed by atoms with van der Waals surface area (Å²) in [6.45, 7) is 0.0881. The molecule has 0 aromatic heterocycles. The van der Waals surface area contributed by atoms with Gasteiger partial charge < -0.3 is 4.74 Å². The molecule has 134 valence electrons. The zero-order valence-corrected chi connectivity index (χ0v) is 15.2. The Morgan fingerprint density at radius 1 is 1.31 bits per heavy atom. The number of fused-ring (bicyclic) bond motifs is 1. The fourth-order valence-corrected chi connectivity index (χ4v) is 4.17. The van der Waals surface area contributed by atoms with Crippen LogP contribution in [0, 0.1) is 17.2 Å². The number of halogens is 1. The number of nitrogens with one attached hydrogen (secondary N) is 1. The van der Waals surface area contributed by atoms with Crippen LogP contribution >= 0.6 is 11.6 Å². The van der Waals surface area contributed by atoms with E-state index in [-0.39, 0.29) is 12.2 Å². The normalized spacial score (nSPS) is 16.1. The second kappa shape index (κ2) is 7.36. The van der Waals surface area contributed by atoms with E-state index in [0.29, 0.717) is 22.8 Å². The van der Waals surface area contributed by atoms with Gasteiger partial charge in [-0.15, -0.1) is 0 Å². The van der Waals surface area contributed by atoms with Crippen LogP contribution in [0.4, 0.5) is 0 Å². The van der Waals surface area contributed by atoms with Crippen molar-refractivity contribution in [1.82, 2.24) is 4.72 Å². The molecular formula is C18H15ClN2O4S. The number of rotatable bonds is 4. The van der Waals surface area contributed by atoms with Gasteiger partial charge in [0.25, 0.3) is 0 Å². The van der Waals surface area contributed by atoms with Gasteiger partial charge in [0.1, 0.15) is 12.4 Å². The summed E-state index contributed by atoms with van der Waals surface area (Å²) in [6, 6.07) is 13.4. The molecule has 0 aliphatic carbocycles. The first-order valence-corrected chi connectivity index (χ1v) is 9.84. The lowest BCUT2D eigenvalue weighted by Crippen LogP contribution is -2.40. The van der Waals surface area contributed by atoms with Crippen LogP contribution in [0.15, 0.2) is 42.5 Å². The smallest absolute Gasteiger partial charge is 0.240 e. The van der Waals surface area contributed by atoms with Gasteiger partial charge in [0.05, 0.1) is 23.3 Å². The van der Waals surface area contributed by atoms with Gasteiger partial charge in [-0.05, 0) is 41.8 Å². The summed E-state index contributed by atoms with van der Waals surface area (Å²) in [5.41, 5.74) is 1.36. The zero-order chi connectivity index (χ0) is 18.7. The molecule has 1 aliphatic heterocycles. The summed E-state index contributed by atoms with van der Waals surface area (Å²) >= 11 is 5.95. The van der Waals surface area contributed by atoms with Crippen LogP contribution in [0.25, 0.3) is 0 Å². The highest BCUT2D eigenvalue weighted by molar-refractivity contribution is 7.89. The van der Waals surface area contributed by atoms with Crippen molar-refractivity contribution in [2.45, 2.75) is 12.2 Å². The first-order valence-electron chi connectivity index (χ1n) is 7.81. The first kappa shape index (κ1) is 18.2. The van der Waals surface area contributed by atoms with Crippen LogP contribution in [0.1, 0.15) is 16.7 Å². The van der Waals surface area contributed by atoms with E-state index >= 15 is 0 Å². The van der Waals surface area contributed by atoms with Crippen molar-refractivity contribution in [3.63, 3.8) is 0 Å². The predicted octanol–water partition coefficient (Wildman–Crippen LogP) is 2.41. The Morgan fingerprint density at radius 3 is 2.85 bits per heavy atom. The van der Waals surface area contributed by atoms with Crippen LogP contribution in [0.2, 0.25) is 5.02 Å². The molecule has 1 aliphatic rings. The fourth-order valence-electron chi connectivity index (χ4n) is 2.76. The molecule has 1 amide bonds. The lowest BCUT2D eigenvalue weighted by Gasteiger charge is -2.24. The maximum atomic E-state index is 12.4. The van der Waals surface area contributed by atoms with Crippen molar-refractivity contribution in [3.05, 3.63) is 64.2 Å². The number of carbonyl (C=O) groups excluding carboxylic acids is 1. The van der Waals surface area contributed by atoms with Crippen molar-refractivity contribution < 1.29 is 17.9 Å². The molecule has 0 bridgehead atoms. The van der Waals surface area contributed by atoms with Gasteiger partial charge in [-0.3, -0.25) is 9.52 Å². The van der Waals surface area contributed by atoms with Crippen LogP contribution in [-0.4, -0.2) is 20.9 Å². The molecule has 1 heterocycles. The summed E-state index contributed by atoms with van der Waals surface area (Å²) < 4.78 is 32.2. The van der Waals surface area contributed by atoms with E-state index in [4.69, 9.17) is 21.6 Å². The molecule has 0 saturated heterocycles. The average molecular weight is 391 g/mol. The summed E-state index contributed by atoms with van der Waals surface area (Å²) in [6.07, 6.45) is 0.339. The highest BCUT2D eigenvalue weighted by Gasteiger charge is 2.29. The number of nitriles is 1. The molecule has 1 unspecified atom stereocenters. The molecule has 1 N–H and O–H groups in total. The highest BCUT2D eigenvalue weighted by atomic mass is 35.5. The van der Waals surface area contributed by atoms with Gasteiger partial charge in [-0.2, -0.15) is 5.26 Å². The van der Waals surface area contributed by atoms with E-state index in [9.17, 15) is 13.2 Å². The molecule has 0 saturated carbocycles. The molecule has 1 atom stereocenters. The second-order valence-corrected chi connectivity index (χ2v) is 8.12. The lowest BCUT2D eigenvalue weighted by atomic mass is 9.96. The van der Waals surface area contributed by atoms with Crippen molar-refractivity contribution >= 4 is 27.5 Å². The standard InChI is InChI=1S/C18H15ClN2O4S/c19-16-5-6-17-14(8-16)7-15(10-25-17)18(22)21-26(23,24)11-13-4-2-1-3-12(13)9-20/h1-6,8,15H,7,10-11H2,(H,21,22). The maximum absolute atomic E-state index is 12.4. The van der Waals surface area contributed by atoms with E-state index in [1.807, 2.05) is 6.07 Å². The molecule has 6 nitrogen and oxygen atoms in total. The molecule has 0 spiro atoms. The van der Waals surface area contributed by atoms with Crippen LogP contribution in [0.5, 0.6) is 5.75 Å². The van der Waals surface area contributed by atoms with E-state index in [1.165, 1.54) is 6.07 Å². The minimum absolute atomic E-state index is 0.0881. The summed E-state index contributed by atoms with van der Waals surface area (Å²) in [7, 11) is -3.93. The van der Waals surface area contributed by atoms with Crippen molar-refractivity contribution in [1.29, 1.82) is 5.26 Å². The van der Waals surface area contributed by atoms with Gasteiger partial charge in [0.2, 0.25) is 15.9 Å². The van der Waals surface area contributed by atoms with Gasteiger partial charge >= 0.3 is 0 Å². The molecule has 0 radical (unpaired) electrons. The number of nitrogens with zero attached hydrogens (tertiary/aromatic N) is 1. The molecule has 2 aromatic carbocycles. The van der Waals surface area contributed by atoms with Gasteiger partial charge in [0, 0.05) is 5.02 Å². The third-order valence-corrected chi connectivity index (χ3v) is 5.48. The molecular weight excluding hydrogens is 376 g/mol. The largest absolute Gasteiger partial charge is 0.492 e. The van der Waals surface area contributed by atoms with Crippen molar-refractivity contribution in [2.24, 2.45) is 5.92 Å². The van der Waals surface area contributed by atoms with E-state index in [2.05, 4.69) is 4.72 Å². The number of amides is 1. The minimum atomic E-state index is -3.93. The quantitative estimate of drug-likeness (QED) is 0.864. The molecule has 3 rings (SSSR count). The van der Waals surface area contributed by atoms with Gasteiger partial charge in [-0.1, -0.05) is 29.8 Å². The summed E-state index contributed by atoms with van der Waals surface area (Å²) in [5, 5.41) is 9.58. The van der Waals surface area contributed by atoms with Gasteiger partial charge in [0.15, 0.2) is 0 Å². The Kier molecular flexibility index (Phi) is 5.16. The first-order chi connectivity index (χ1) is 12.4. The molecule has 2 aromatic rings. The third kappa shape index (κ3) is 4.15. The summed E-state index contributed by atoms with van der Waals surface area (Å²) in [5.74, 6) is -1.07. The average Bonchev–Trinajstić information content (AvgIpc) is 2.60. The van der Waals surface area contributed by atoms with E-state index in [0.717, 1.165) is 5.56 Å². The van der Waals surface area contributed by atoms with Crippen LogP contribution in [0.3, 0.4) is 0 Å². The number of benzene rings is 2. The van der Waals surface area contributed by atoms with E-state index in [1.54, 1.807) is 36.4 Å². The van der Waals surface area contributed by atoms with Gasteiger partial charge in [-0.25, -0.2) is 8.42 Å². The van der Waals surface area contributed by atoms with Crippen LogP contribution in [-0.2, 0) is 27.0 Å². The predicted molar refractivity (Wildman–Crippen MR) is 96.1 cm³/mol. The number of ether oxygens (including phenoxy) is 1. The van der Waals surface area contributed by atoms with Crippen molar-refractivity contribution in [3.8, 4) is 11.8 Å². The Hall–Kier alpha value is -2.56. The van der Waals surface area contributed by atoms with Crippen LogP contribution < -0.4 is 9.46 Å². The number of carbonyl (C=O) groups is 1. The topological polar surface area (TPSA) is 96.3 Å². The molecule has 8 heteroatoms. The Morgan fingerprint density at radius 2 is 2.08 bits per heavy atom. The lowest BCUT2D eigenvalue weighted by molar-refractivity contribution is -0.124. The fraction of sp³-hybridized carbons (Fsp3) is 0.222. The Balaban J connectivity index is 1.70. The second-order valence-electron chi connectivity index (χ2n) is 5.96. The number of sulfonamides is 1. The minimum Gasteiger partial charge on any atom is -0.492 e. The highest BCUT2D eigenvalue weighted by Crippen LogP contribution is 2.30. The Labute approximate surface area is 156 Å². The molecule has 26 heavy (non-hydrogen) atoms. The van der Waals surface area contributed by atoms with E-state index < -0.39 is 27.6 Å². The number of hydrogen-bond donors (Lipinski definition) is 1. The molecule has 0 fully saturated rings. The summed E-state index contributed by atoms with van der Waals surface area (Å²) in [4.78, 5) is 12.4. The third-order valence-electron chi connectivity index (χ3n) is 4.04. The SMILES string of the molecule is N#Cc1ccccc1CS(=O)(=O)NC(=O)C1COc2ccc(Cl)cc2C1. The number of hydrogen-bond acceptors (Lipinski definition) is 5. The maximum Gasteiger partial charge on any atom is 0.240 e. The zero-order valence-electron chi connectivity index (χ0n) is 13.6. The Bertz CT molecular complexity index is 998. The monoisotopic (exact) mass is 390 g/mol. The van der Waals surface area contributed by atoms with Crippen molar-refractivity contribution in [2.75, 3.05) is 6.61 Å².